The quantitative estimate of drug-likeness (QED) is 0.459. The number of hydrogen-bond acceptors (Lipinski definition) is 4. The number of nitrogens with zero attached hydrogens (tertiary/aromatic N) is 1. The van der Waals surface area contributed by atoms with E-state index in [1.165, 1.54) is 6.26 Å². The molecule has 0 aromatic heterocycles. The van der Waals surface area contributed by atoms with Gasteiger partial charge in [-0.25, -0.2) is 8.42 Å². The van der Waals surface area contributed by atoms with Gasteiger partial charge in [0.05, 0.1) is 12.9 Å². The smallest absolute Gasteiger partial charge is 0.193 e. The monoisotopic (exact) mass is 285 g/mol. The van der Waals surface area contributed by atoms with Crippen molar-refractivity contribution in [2.45, 2.75) is 6.42 Å². The Hall–Kier alpha value is -1.76. The van der Waals surface area contributed by atoms with Gasteiger partial charge in [0.25, 0.3) is 0 Å². The van der Waals surface area contributed by atoms with E-state index in [1.54, 1.807) is 13.2 Å². The van der Waals surface area contributed by atoms with E-state index in [0.717, 1.165) is 11.4 Å². The lowest BCUT2D eigenvalue weighted by Gasteiger charge is -2.07. The summed E-state index contributed by atoms with van der Waals surface area (Å²) in [6.45, 7) is 0.371. The maximum Gasteiger partial charge on any atom is 0.193 e. The zero-order valence-electron chi connectivity index (χ0n) is 11.1. The van der Waals surface area contributed by atoms with E-state index in [1.807, 2.05) is 18.2 Å². The Morgan fingerprint density at radius 1 is 1.47 bits per heavy atom. The number of nitrogens with one attached hydrogen (secondary N) is 1. The Morgan fingerprint density at radius 3 is 2.84 bits per heavy atom. The minimum Gasteiger partial charge on any atom is -0.497 e. The van der Waals surface area contributed by atoms with Crippen molar-refractivity contribution in [3.05, 3.63) is 24.3 Å². The second-order valence-electron chi connectivity index (χ2n) is 4.11. The molecule has 0 aliphatic heterocycles. The highest BCUT2D eigenvalue weighted by molar-refractivity contribution is 7.90. The summed E-state index contributed by atoms with van der Waals surface area (Å²) < 4.78 is 26.9. The SMILES string of the molecule is COc1cccc(NC(N)=NCCCS(C)(=O)=O)c1. The lowest BCUT2D eigenvalue weighted by atomic mass is 10.3. The Kier molecular flexibility index (Phi) is 5.62. The van der Waals surface area contributed by atoms with E-state index in [0.29, 0.717) is 13.0 Å². The first-order valence-corrected chi connectivity index (χ1v) is 7.85. The van der Waals surface area contributed by atoms with E-state index in [4.69, 9.17) is 10.5 Å². The molecule has 7 heteroatoms. The summed E-state index contributed by atoms with van der Waals surface area (Å²) in [5, 5.41) is 2.91. The maximum absolute atomic E-state index is 10.9. The lowest BCUT2D eigenvalue weighted by molar-refractivity contribution is 0.415. The third-order valence-corrected chi connectivity index (χ3v) is 3.33. The molecule has 0 heterocycles. The number of rotatable bonds is 6. The van der Waals surface area contributed by atoms with Gasteiger partial charge in [0.15, 0.2) is 5.96 Å². The number of methoxy groups -OCH3 is 1. The average Bonchev–Trinajstić information content (AvgIpc) is 2.34. The fourth-order valence-corrected chi connectivity index (χ4v) is 2.07. The first-order valence-electron chi connectivity index (χ1n) is 5.79. The third kappa shape index (κ3) is 6.66. The van der Waals surface area contributed by atoms with Gasteiger partial charge in [-0.2, -0.15) is 0 Å². The topological polar surface area (TPSA) is 93.8 Å². The van der Waals surface area contributed by atoms with Crippen LogP contribution in [0.25, 0.3) is 0 Å². The van der Waals surface area contributed by atoms with Crippen molar-refractivity contribution in [1.82, 2.24) is 0 Å². The van der Waals surface area contributed by atoms with Crippen LogP contribution in [0.5, 0.6) is 5.75 Å². The number of sulfone groups is 1. The first kappa shape index (κ1) is 15.3. The van der Waals surface area contributed by atoms with Crippen LogP contribution in [0.1, 0.15) is 6.42 Å². The van der Waals surface area contributed by atoms with Gasteiger partial charge >= 0.3 is 0 Å². The summed E-state index contributed by atoms with van der Waals surface area (Å²) >= 11 is 0. The van der Waals surface area contributed by atoms with Gasteiger partial charge in [-0.3, -0.25) is 4.99 Å². The van der Waals surface area contributed by atoms with Crippen LogP contribution in [0.3, 0.4) is 0 Å². The summed E-state index contributed by atoms with van der Waals surface area (Å²) in [4.78, 5) is 4.06. The van der Waals surface area contributed by atoms with Gasteiger partial charge in [0.1, 0.15) is 15.6 Å². The predicted molar refractivity (Wildman–Crippen MR) is 77.4 cm³/mol. The molecule has 0 radical (unpaired) electrons. The molecule has 0 amide bonds. The van der Waals surface area contributed by atoms with Crippen molar-refractivity contribution < 1.29 is 13.2 Å². The summed E-state index contributed by atoms with van der Waals surface area (Å²) in [5.74, 6) is 1.08. The first-order chi connectivity index (χ1) is 8.90. The summed E-state index contributed by atoms with van der Waals surface area (Å²) in [6.07, 6.45) is 1.66. The van der Waals surface area contributed by atoms with Gasteiger partial charge in [0, 0.05) is 24.6 Å². The van der Waals surface area contributed by atoms with E-state index in [9.17, 15) is 8.42 Å². The standard InChI is InChI=1S/C12H19N3O3S/c1-18-11-6-3-5-10(9-11)15-12(13)14-7-4-8-19(2,16)17/h3,5-6,9H,4,7-8H2,1-2H3,(H3,13,14,15). The Balaban J connectivity index is 2.47. The van der Waals surface area contributed by atoms with Gasteiger partial charge in [0.2, 0.25) is 0 Å². The lowest BCUT2D eigenvalue weighted by Crippen LogP contribution is -2.23. The number of hydrogen-bond donors (Lipinski definition) is 2. The Labute approximate surface area is 113 Å². The fourth-order valence-electron chi connectivity index (χ4n) is 1.41. The molecule has 0 saturated carbocycles. The van der Waals surface area contributed by atoms with Crippen LogP contribution < -0.4 is 15.8 Å². The van der Waals surface area contributed by atoms with E-state index in [2.05, 4.69) is 10.3 Å². The minimum atomic E-state index is -2.94. The van der Waals surface area contributed by atoms with Crippen LogP contribution in [-0.2, 0) is 9.84 Å². The largest absolute Gasteiger partial charge is 0.497 e. The van der Waals surface area contributed by atoms with Gasteiger partial charge in [-0.1, -0.05) is 6.07 Å². The Morgan fingerprint density at radius 2 is 2.21 bits per heavy atom. The van der Waals surface area contributed by atoms with Crippen molar-refractivity contribution in [1.29, 1.82) is 0 Å². The maximum atomic E-state index is 10.9. The highest BCUT2D eigenvalue weighted by Crippen LogP contribution is 2.16. The van der Waals surface area contributed by atoms with Crippen LogP contribution >= 0.6 is 0 Å². The molecular weight excluding hydrogens is 266 g/mol. The molecule has 0 bridgehead atoms. The molecule has 19 heavy (non-hydrogen) atoms. The number of guanidine groups is 1. The second kappa shape index (κ2) is 6.98. The summed E-state index contributed by atoms with van der Waals surface area (Å²) in [6, 6.07) is 7.28. The molecular formula is C12H19N3O3S. The molecule has 0 aliphatic rings. The van der Waals surface area contributed by atoms with Crippen molar-refractivity contribution in [3.8, 4) is 5.75 Å². The summed E-state index contributed by atoms with van der Waals surface area (Å²) in [7, 11) is -1.35. The van der Waals surface area contributed by atoms with Gasteiger partial charge in [-0.05, 0) is 18.6 Å². The average molecular weight is 285 g/mol. The Bertz CT molecular complexity index is 541. The van der Waals surface area contributed by atoms with E-state index < -0.39 is 9.84 Å². The molecule has 0 fully saturated rings. The van der Waals surface area contributed by atoms with Crippen molar-refractivity contribution in [2.24, 2.45) is 10.7 Å². The molecule has 0 unspecified atom stereocenters. The molecule has 0 aliphatic carbocycles. The van der Waals surface area contributed by atoms with Crippen LogP contribution in [0.15, 0.2) is 29.3 Å². The zero-order valence-corrected chi connectivity index (χ0v) is 11.9. The zero-order chi connectivity index (χ0) is 14.3. The number of nitrogens with two attached hydrogens (primary N) is 1. The molecule has 0 atom stereocenters. The van der Waals surface area contributed by atoms with Crippen LogP contribution in [0.2, 0.25) is 0 Å². The van der Waals surface area contributed by atoms with E-state index in [-0.39, 0.29) is 11.7 Å². The highest BCUT2D eigenvalue weighted by atomic mass is 32.2. The molecule has 3 N–H and O–H groups in total. The minimum absolute atomic E-state index is 0.114. The van der Waals surface area contributed by atoms with Crippen LogP contribution in [-0.4, -0.2) is 40.0 Å². The number of ether oxygens (including phenoxy) is 1. The van der Waals surface area contributed by atoms with Gasteiger partial charge in [-0.15, -0.1) is 0 Å². The normalized spacial score (nSPS) is 12.2. The van der Waals surface area contributed by atoms with Crippen molar-refractivity contribution >= 4 is 21.5 Å². The van der Waals surface area contributed by atoms with Crippen LogP contribution in [0, 0.1) is 0 Å². The van der Waals surface area contributed by atoms with Crippen molar-refractivity contribution in [3.63, 3.8) is 0 Å². The van der Waals surface area contributed by atoms with Crippen LogP contribution in [0.4, 0.5) is 5.69 Å². The predicted octanol–water partition coefficient (Wildman–Crippen LogP) is 0.856. The molecule has 1 rings (SSSR count). The molecule has 6 nitrogen and oxygen atoms in total. The number of anilines is 1. The molecule has 1 aromatic rings. The molecule has 0 spiro atoms. The fraction of sp³-hybridized carbons (Fsp3) is 0.417. The third-order valence-electron chi connectivity index (χ3n) is 2.30. The molecule has 0 saturated heterocycles. The summed E-state index contributed by atoms with van der Waals surface area (Å²) in [5.41, 5.74) is 6.46. The number of aliphatic imine (C=N–C) groups is 1. The molecule has 106 valence electrons. The molecule has 1 aromatic carbocycles. The van der Waals surface area contributed by atoms with E-state index >= 15 is 0 Å². The second-order valence-corrected chi connectivity index (χ2v) is 6.37. The van der Waals surface area contributed by atoms with Gasteiger partial charge < -0.3 is 15.8 Å². The van der Waals surface area contributed by atoms with Crippen molar-refractivity contribution in [2.75, 3.05) is 31.0 Å². The highest BCUT2D eigenvalue weighted by Gasteiger charge is 2.01. The number of benzene rings is 1.